The van der Waals surface area contributed by atoms with Crippen molar-refractivity contribution >= 4 is 34.0 Å². The van der Waals surface area contributed by atoms with E-state index >= 15 is 0 Å². The van der Waals surface area contributed by atoms with E-state index in [1.807, 2.05) is 26.0 Å². The van der Waals surface area contributed by atoms with E-state index in [9.17, 15) is 4.39 Å². The monoisotopic (exact) mass is 488 g/mol. The van der Waals surface area contributed by atoms with Crippen LogP contribution in [0.15, 0.2) is 36.7 Å². The summed E-state index contributed by atoms with van der Waals surface area (Å²) in [5.74, 6) is 2.05. The van der Waals surface area contributed by atoms with E-state index in [1.54, 1.807) is 19.2 Å². The summed E-state index contributed by atoms with van der Waals surface area (Å²) in [5, 5.41) is 7.22. The molecule has 1 saturated heterocycles. The average Bonchev–Trinajstić information content (AvgIpc) is 3.36. The molecule has 0 saturated carbocycles. The third-order valence-corrected chi connectivity index (χ3v) is 5.96. The number of anilines is 2. The molecule has 4 rings (SSSR count). The van der Waals surface area contributed by atoms with Gasteiger partial charge in [0.25, 0.3) is 0 Å². The molecular formula is C27H38ClFN4O. The van der Waals surface area contributed by atoms with Crippen LogP contribution in [0.1, 0.15) is 65.4 Å². The standard InChI is InChI=1S/C18H17ClFN3O.C7H15N.C2H6/c1-10(2)11-7-12-15(8-16(11)24-3)21-9-22-18(12)23-14-6-4-5-13(19)17(14)20;1-2-3-7-4-5-8-6-7;1-2/h4-10H,1-3H3,(H,21,22,23);7-8H,2-6H2,1H3;1-2H3. The van der Waals surface area contributed by atoms with E-state index in [2.05, 4.69) is 41.4 Å². The Morgan fingerprint density at radius 3 is 2.62 bits per heavy atom. The molecule has 3 aromatic rings. The van der Waals surface area contributed by atoms with Gasteiger partial charge in [-0.2, -0.15) is 0 Å². The Hall–Kier alpha value is -2.44. The van der Waals surface area contributed by atoms with Crippen molar-refractivity contribution in [1.29, 1.82) is 0 Å². The molecule has 1 aromatic heterocycles. The predicted molar refractivity (Wildman–Crippen MR) is 142 cm³/mol. The fraction of sp³-hybridized carbons (Fsp3) is 0.481. The lowest BCUT2D eigenvalue weighted by atomic mass is 10.00. The zero-order valence-corrected chi connectivity index (χ0v) is 22.0. The van der Waals surface area contributed by atoms with E-state index in [4.69, 9.17) is 16.3 Å². The first-order valence-corrected chi connectivity index (χ1v) is 12.6. The second-order valence-corrected chi connectivity index (χ2v) is 8.77. The lowest BCUT2D eigenvalue weighted by molar-refractivity contribution is 0.408. The topological polar surface area (TPSA) is 59.1 Å². The zero-order chi connectivity index (χ0) is 25.1. The van der Waals surface area contributed by atoms with Gasteiger partial charge in [-0.1, -0.05) is 58.7 Å². The quantitative estimate of drug-likeness (QED) is 0.372. The number of halogens is 2. The lowest BCUT2D eigenvalue weighted by Gasteiger charge is -2.15. The van der Waals surface area contributed by atoms with Crippen LogP contribution in [0.5, 0.6) is 5.75 Å². The van der Waals surface area contributed by atoms with E-state index in [0.29, 0.717) is 5.82 Å². The summed E-state index contributed by atoms with van der Waals surface area (Å²) >= 11 is 5.84. The number of fused-ring (bicyclic) bond motifs is 1. The minimum Gasteiger partial charge on any atom is -0.496 e. The number of aromatic nitrogens is 2. The Morgan fingerprint density at radius 2 is 2.00 bits per heavy atom. The van der Waals surface area contributed by atoms with Crippen LogP contribution < -0.4 is 15.4 Å². The van der Waals surface area contributed by atoms with E-state index in [1.165, 1.54) is 44.7 Å². The highest BCUT2D eigenvalue weighted by Crippen LogP contribution is 2.34. The van der Waals surface area contributed by atoms with Gasteiger partial charge in [0.15, 0.2) is 5.82 Å². The largest absolute Gasteiger partial charge is 0.496 e. The SMILES string of the molecule is CC.CCCC1CCNC1.COc1cc2ncnc(Nc3cccc(Cl)c3F)c2cc1C(C)C. The molecule has 0 bridgehead atoms. The Kier molecular flexibility index (Phi) is 11.5. The summed E-state index contributed by atoms with van der Waals surface area (Å²) < 4.78 is 19.6. The molecule has 1 aliphatic heterocycles. The van der Waals surface area contributed by atoms with Gasteiger partial charge in [0.2, 0.25) is 0 Å². The average molecular weight is 489 g/mol. The fourth-order valence-corrected chi connectivity index (χ4v) is 4.10. The number of methoxy groups -OCH3 is 1. The fourth-order valence-electron chi connectivity index (χ4n) is 3.93. The van der Waals surface area contributed by atoms with Crippen LogP contribution in [-0.4, -0.2) is 30.2 Å². The number of ether oxygens (including phenoxy) is 1. The molecule has 1 fully saturated rings. The van der Waals surface area contributed by atoms with Crippen LogP contribution in [-0.2, 0) is 0 Å². The molecule has 0 spiro atoms. The Labute approximate surface area is 208 Å². The van der Waals surface area contributed by atoms with Gasteiger partial charge in [0.05, 0.1) is 23.3 Å². The van der Waals surface area contributed by atoms with Crippen LogP contribution in [0.4, 0.5) is 15.9 Å². The van der Waals surface area contributed by atoms with Crippen molar-refractivity contribution in [2.45, 2.75) is 59.8 Å². The van der Waals surface area contributed by atoms with Gasteiger partial charge in [-0.25, -0.2) is 14.4 Å². The first-order valence-electron chi connectivity index (χ1n) is 12.2. The van der Waals surface area contributed by atoms with Crippen molar-refractivity contribution in [2.75, 3.05) is 25.5 Å². The van der Waals surface area contributed by atoms with Crippen molar-refractivity contribution in [3.63, 3.8) is 0 Å². The van der Waals surface area contributed by atoms with Gasteiger partial charge in [-0.15, -0.1) is 0 Å². The van der Waals surface area contributed by atoms with Crippen molar-refractivity contribution in [1.82, 2.24) is 15.3 Å². The van der Waals surface area contributed by atoms with Gasteiger partial charge in [-0.3, -0.25) is 0 Å². The van der Waals surface area contributed by atoms with Crippen molar-refractivity contribution in [3.05, 3.63) is 53.1 Å². The summed E-state index contributed by atoms with van der Waals surface area (Å²) in [6.07, 6.45) is 5.62. The first kappa shape index (κ1) is 27.8. The minimum absolute atomic E-state index is 0.0582. The highest BCUT2D eigenvalue weighted by atomic mass is 35.5. The molecule has 2 heterocycles. The van der Waals surface area contributed by atoms with Crippen LogP contribution in [0.3, 0.4) is 0 Å². The van der Waals surface area contributed by atoms with Gasteiger partial charge in [0.1, 0.15) is 17.9 Å². The lowest BCUT2D eigenvalue weighted by Crippen LogP contribution is -2.08. The summed E-state index contributed by atoms with van der Waals surface area (Å²) in [7, 11) is 1.63. The molecule has 1 atom stereocenters. The van der Waals surface area contributed by atoms with Crippen molar-refractivity contribution in [2.24, 2.45) is 5.92 Å². The molecule has 2 aromatic carbocycles. The van der Waals surface area contributed by atoms with Crippen LogP contribution in [0.2, 0.25) is 5.02 Å². The molecule has 1 unspecified atom stereocenters. The maximum Gasteiger partial charge on any atom is 0.165 e. The normalized spacial score (nSPS) is 14.8. The van der Waals surface area contributed by atoms with E-state index < -0.39 is 5.82 Å². The van der Waals surface area contributed by atoms with Crippen LogP contribution in [0.25, 0.3) is 10.9 Å². The molecule has 186 valence electrons. The second-order valence-electron chi connectivity index (χ2n) is 8.36. The summed E-state index contributed by atoms with van der Waals surface area (Å²) in [5.41, 5.74) is 2.02. The number of rotatable bonds is 6. The second kappa shape index (κ2) is 14.1. The van der Waals surface area contributed by atoms with E-state index in [-0.39, 0.29) is 16.6 Å². The molecule has 0 radical (unpaired) electrons. The summed E-state index contributed by atoms with van der Waals surface area (Å²) in [6.45, 7) is 12.9. The number of hydrogen-bond acceptors (Lipinski definition) is 5. The molecule has 7 heteroatoms. The highest BCUT2D eigenvalue weighted by Gasteiger charge is 2.15. The number of benzene rings is 2. The predicted octanol–water partition coefficient (Wildman–Crippen LogP) is 7.72. The van der Waals surface area contributed by atoms with Crippen molar-refractivity contribution < 1.29 is 9.13 Å². The Morgan fingerprint density at radius 1 is 1.24 bits per heavy atom. The molecule has 1 aliphatic rings. The van der Waals surface area contributed by atoms with Crippen LogP contribution in [0, 0.1) is 11.7 Å². The highest BCUT2D eigenvalue weighted by molar-refractivity contribution is 6.31. The Bertz CT molecular complexity index is 1040. The Balaban J connectivity index is 0.000000343. The molecule has 5 nitrogen and oxygen atoms in total. The maximum absolute atomic E-state index is 14.2. The third kappa shape index (κ3) is 7.28. The van der Waals surface area contributed by atoms with Gasteiger partial charge >= 0.3 is 0 Å². The molecule has 0 aliphatic carbocycles. The van der Waals surface area contributed by atoms with Gasteiger partial charge in [0, 0.05) is 11.5 Å². The number of nitrogens with one attached hydrogen (secondary N) is 2. The third-order valence-electron chi connectivity index (χ3n) is 5.67. The van der Waals surface area contributed by atoms with Crippen molar-refractivity contribution in [3.8, 4) is 5.75 Å². The van der Waals surface area contributed by atoms with Gasteiger partial charge in [-0.05, 0) is 61.5 Å². The molecular weight excluding hydrogens is 451 g/mol. The summed E-state index contributed by atoms with van der Waals surface area (Å²) in [6, 6.07) is 8.64. The maximum atomic E-state index is 14.2. The zero-order valence-electron chi connectivity index (χ0n) is 21.2. The van der Waals surface area contributed by atoms with Gasteiger partial charge < -0.3 is 15.4 Å². The first-order chi connectivity index (χ1) is 16.4. The summed E-state index contributed by atoms with van der Waals surface area (Å²) in [4.78, 5) is 8.54. The minimum atomic E-state index is -0.511. The molecule has 2 N–H and O–H groups in total. The number of hydrogen-bond donors (Lipinski definition) is 2. The van der Waals surface area contributed by atoms with E-state index in [0.717, 1.165) is 28.1 Å². The molecule has 0 amide bonds. The molecule has 34 heavy (non-hydrogen) atoms. The number of nitrogens with zero attached hydrogens (tertiary/aromatic N) is 2. The smallest absolute Gasteiger partial charge is 0.165 e. The van der Waals surface area contributed by atoms with Crippen LogP contribution >= 0.6 is 11.6 Å².